The second-order valence-corrected chi connectivity index (χ2v) is 8.07. The Hall–Kier alpha value is -3.72. The van der Waals surface area contributed by atoms with E-state index in [1.165, 1.54) is 30.2 Å². The average Bonchev–Trinajstić information content (AvgIpc) is 2.84. The van der Waals surface area contributed by atoms with Crippen molar-refractivity contribution in [1.29, 1.82) is 0 Å². The van der Waals surface area contributed by atoms with Crippen molar-refractivity contribution in [2.24, 2.45) is 0 Å². The number of ether oxygens (including phenoxy) is 2. The molecule has 9 heteroatoms. The molecule has 186 valence electrons. The van der Waals surface area contributed by atoms with Gasteiger partial charge < -0.3 is 20.1 Å². The number of amides is 3. The molecule has 0 saturated heterocycles. The van der Waals surface area contributed by atoms with Gasteiger partial charge in [-0.25, -0.2) is 14.0 Å². The summed E-state index contributed by atoms with van der Waals surface area (Å²) >= 11 is 0. The van der Waals surface area contributed by atoms with Gasteiger partial charge in [0, 0.05) is 25.0 Å². The van der Waals surface area contributed by atoms with Crippen LogP contribution in [0.4, 0.5) is 14.9 Å². The number of anilines is 1. The molecule has 1 aliphatic heterocycles. The largest absolute Gasteiger partial charge is 0.460 e. The van der Waals surface area contributed by atoms with Gasteiger partial charge in [-0.1, -0.05) is 37.6 Å². The molecule has 3 amide bonds. The molecule has 0 radical (unpaired) electrons. The zero-order chi connectivity index (χ0) is 25.4. The van der Waals surface area contributed by atoms with Crippen molar-refractivity contribution in [3.63, 3.8) is 0 Å². The van der Waals surface area contributed by atoms with Gasteiger partial charge in [-0.15, -0.1) is 0 Å². The van der Waals surface area contributed by atoms with Crippen LogP contribution in [0.3, 0.4) is 0 Å². The highest BCUT2D eigenvalue weighted by Gasteiger charge is 2.36. The highest BCUT2D eigenvalue weighted by Crippen LogP contribution is 2.32. The van der Waals surface area contributed by atoms with Crippen LogP contribution in [0.2, 0.25) is 0 Å². The Bertz CT molecular complexity index is 1120. The summed E-state index contributed by atoms with van der Waals surface area (Å²) in [5, 5.41) is 5.56. The van der Waals surface area contributed by atoms with Crippen LogP contribution in [-0.2, 0) is 14.3 Å². The minimum atomic E-state index is -0.791. The molecule has 0 aliphatic carbocycles. The monoisotopic (exact) mass is 483 g/mol. The predicted molar refractivity (Wildman–Crippen MR) is 129 cm³/mol. The van der Waals surface area contributed by atoms with E-state index in [0.29, 0.717) is 29.1 Å². The fourth-order valence-corrected chi connectivity index (χ4v) is 3.82. The number of unbranched alkanes of at least 4 members (excludes halogenated alkanes) is 1. The maximum Gasteiger partial charge on any atom is 0.338 e. The standard InChI is InChI=1S/C26H30FN3O5/c1-4-5-13-30-17(2)22(25(32)35-15-14-34-3)23(29-26(30)33)18-9-8-10-19(16-18)28-24(31)20-11-6-7-12-21(20)27/h6-12,16,23H,4-5,13-15H2,1-3H3,(H,28,31)(H,29,33). The van der Waals surface area contributed by atoms with E-state index < -0.39 is 23.7 Å². The minimum absolute atomic E-state index is 0.0699. The van der Waals surface area contributed by atoms with Crippen molar-refractivity contribution < 1.29 is 28.2 Å². The first-order valence-corrected chi connectivity index (χ1v) is 11.5. The lowest BCUT2D eigenvalue weighted by atomic mass is 9.94. The quantitative estimate of drug-likeness (QED) is 0.386. The van der Waals surface area contributed by atoms with Crippen LogP contribution < -0.4 is 10.6 Å². The van der Waals surface area contributed by atoms with Crippen LogP contribution in [-0.4, -0.2) is 49.7 Å². The van der Waals surface area contributed by atoms with Crippen LogP contribution in [0.15, 0.2) is 59.8 Å². The van der Waals surface area contributed by atoms with Gasteiger partial charge in [-0.2, -0.15) is 0 Å². The molecule has 1 unspecified atom stereocenters. The van der Waals surface area contributed by atoms with Gasteiger partial charge in [0.25, 0.3) is 5.91 Å². The summed E-state index contributed by atoms with van der Waals surface area (Å²) < 4.78 is 24.4. The number of nitrogens with zero attached hydrogens (tertiary/aromatic N) is 1. The second-order valence-electron chi connectivity index (χ2n) is 8.07. The van der Waals surface area contributed by atoms with E-state index in [1.54, 1.807) is 37.3 Å². The lowest BCUT2D eigenvalue weighted by Gasteiger charge is -2.35. The van der Waals surface area contributed by atoms with Crippen molar-refractivity contribution in [2.45, 2.75) is 32.7 Å². The summed E-state index contributed by atoms with van der Waals surface area (Å²) in [5.41, 5.74) is 1.68. The number of hydrogen-bond donors (Lipinski definition) is 2. The molecule has 8 nitrogen and oxygen atoms in total. The van der Waals surface area contributed by atoms with Crippen LogP contribution in [0, 0.1) is 5.82 Å². The van der Waals surface area contributed by atoms with Gasteiger partial charge in [0.1, 0.15) is 12.4 Å². The minimum Gasteiger partial charge on any atom is -0.460 e. The first kappa shape index (κ1) is 25.9. The SMILES string of the molecule is CCCCN1C(=O)NC(c2cccc(NC(=O)c3ccccc3F)c2)C(C(=O)OCCOC)=C1C. The van der Waals surface area contributed by atoms with E-state index in [-0.39, 0.29) is 24.8 Å². The van der Waals surface area contributed by atoms with Crippen molar-refractivity contribution in [1.82, 2.24) is 10.2 Å². The number of urea groups is 1. The molecule has 2 aromatic rings. The number of rotatable bonds is 10. The fraction of sp³-hybridized carbons (Fsp3) is 0.346. The second kappa shape index (κ2) is 12.1. The first-order chi connectivity index (χ1) is 16.9. The van der Waals surface area contributed by atoms with Crippen LogP contribution in [0.5, 0.6) is 0 Å². The van der Waals surface area contributed by atoms with Gasteiger partial charge in [-0.3, -0.25) is 9.69 Å². The van der Waals surface area contributed by atoms with E-state index in [9.17, 15) is 18.8 Å². The Morgan fingerprint density at radius 3 is 2.63 bits per heavy atom. The fourth-order valence-electron chi connectivity index (χ4n) is 3.82. The number of allylic oxidation sites excluding steroid dienone is 1. The number of carbonyl (C=O) groups is 3. The lowest BCUT2D eigenvalue weighted by Crippen LogP contribution is -2.48. The molecular weight excluding hydrogens is 453 g/mol. The Labute approximate surface area is 204 Å². The number of methoxy groups -OCH3 is 1. The molecule has 2 N–H and O–H groups in total. The van der Waals surface area contributed by atoms with E-state index in [2.05, 4.69) is 10.6 Å². The summed E-state index contributed by atoms with van der Waals surface area (Å²) in [4.78, 5) is 40.1. The smallest absolute Gasteiger partial charge is 0.338 e. The number of hydrogen-bond acceptors (Lipinski definition) is 5. The number of halogens is 1. The third-order valence-electron chi connectivity index (χ3n) is 5.67. The lowest BCUT2D eigenvalue weighted by molar-refractivity contribution is -0.140. The number of nitrogens with one attached hydrogen (secondary N) is 2. The Balaban J connectivity index is 1.92. The highest BCUT2D eigenvalue weighted by atomic mass is 19.1. The summed E-state index contributed by atoms with van der Waals surface area (Å²) in [6.45, 7) is 4.52. The average molecular weight is 484 g/mol. The van der Waals surface area contributed by atoms with Gasteiger partial charge in [0.15, 0.2) is 0 Å². The Morgan fingerprint density at radius 2 is 1.91 bits per heavy atom. The molecule has 3 rings (SSSR count). The number of carbonyl (C=O) groups excluding carboxylic acids is 3. The van der Waals surface area contributed by atoms with Crippen LogP contribution in [0.25, 0.3) is 0 Å². The van der Waals surface area contributed by atoms with Crippen LogP contribution >= 0.6 is 0 Å². The molecule has 0 bridgehead atoms. The number of benzene rings is 2. The third kappa shape index (κ3) is 6.24. The van der Waals surface area contributed by atoms with E-state index in [1.807, 2.05) is 6.92 Å². The summed E-state index contributed by atoms with van der Waals surface area (Å²) in [5.74, 6) is -1.80. The molecule has 0 spiro atoms. The van der Waals surface area contributed by atoms with Gasteiger partial charge in [0.2, 0.25) is 0 Å². The normalized spacial score (nSPS) is 15.6. The molecular formula is C26H30FN3O5. The molecule has 2 aromatic carbocycles. The summed E-state index contributed by atoms with van der Waals surface area (Å²) in [6, 6.07) is 11.3. The van der Waals surface area contributed by atoms with Gasteiger partial charge in [-0.05, 0) is 43.2 Å². The summed E-state index contributed by atoms with van der Waals surface area (Å²) in [7, 11) is 1.51. The Morgan fingerprint density at radius 1 is 1.14 bits per heavy atom. The molecule has 0 saturated carbocycles. The molecule has 35 heavy (non-hydrogen) atoms. The molecule has 1 heterocycles. The van der Waals surface area contributed by atoms with Crippen molar-refractivity contribution in [2.75, 3.05) is 32.2 Å². The van der Waals surface area contributed by atoms with Crippen molar-refractivity contribution >= 4 is 23.6 Å². The Kier molecular flexibility index (Phi) is 8.97. The highest BCUT2D eigenvalue weighted by molar-refractivity contribution is 6.04. The number of esters is 1. The van der Waals surface area contributed by atoms with Gasteiger partial charge >= 0.3 is 12.0 Å². The van der Waals surface area contributed by atoms with Crippen molar-refractivity contribution in [3.8, 4) is 0 Å². The zero-order valence-electron chi connectivity index (χ0n) is 20.1. The zero-order valence-corrected chi connectivity index (χ0v) is 20.1. The molecule has 0 fully saturated rings. The van der Waals surface area contributed by atoms with E-state index in [0.717, 1.165) is 12.8 Å². The first-order valence-electron chi connectivity index (χ1n) is 11.5. The molecule has 1 atom stereocenters. The van der Waals surface area contributed by atoms with Crippen LogP contribution in [0.1, 0.15) is 48.7 Å². The maximum absolute atomic E-state index is 14.0. The van der Waals surface area contributed by atoms with E-state index in [4.69, 9.17) is 9.47 Å². The third-order valence-corrected chi connectivity index (χ3v) is 5.67. The van der Waals surface area contributed by atoms with Crippen molar-refractivity contribution in [3.05, 3.63) is 76.7 Å². The van der Waals surface area contributed by atoms with Gasteiger partial charge in [0.05, 0.1) is 23.8 Å². The molecule has 0 aromatic heterocycles. The summed E-state index contributed by atoms with van der Waals surface area (Å²) in [6.07, 6.45) is 1.66. The topological polar surface area (TPSA) is 97.0 Å². The predicted octanol–water partition coefficient (Wildman–Crippen LogP) is 4.41. The molecule has 1 aliphatic rings. The maximum atomic E-state index is 14.0. The van der Waals surface area contributed by atoms with E-state index >= 15 is 0 Å².